The predicted molar refractivity (Wildman–Crippen MR) is 82.8 cm³/mol. The molecule has 0 spiro atoms. The third kappa shape index (κ3) is 1.42. The lowest BCUT2D eigenvalue weighted by Crippen LogP contribution is -1.80. The summed E-state index contributed by atoms with van der Waals surface area (Å²) in [6, 6.07) is 17.5. The Morgan fingerprint density at radius 2 is 1.53 bits per heavy atom. The Hall–Kier alpha value is -2.28. The van der Waals surface area contributed by atoms with E-state index in [0.29, 0.717) is 0 Å². The molecule has 0 amide bonds. The fraction of sp³-hybridized carbons (Fsp3) is 0.111. The molecule has 1 nitrogen and oxygen atoms in total. The van der Waals surface area contributed by atoms with E-state index in [9.17, 15) is 0 Å². The molecular formula is C18H15N. The second kappa shape index (κ2) is 3.61. The topological polar surface area (TPSA) is 15.8 Å². The Balaban J connectivity index is 2.34. The van der Waals surface area contributed by atoms with Crippen molar-refractivity contribution in [3.8, 4) is 0 Å². The van der Waals surface area contributed by atoms with Gasteiger partial charge in [0.1, 0.15) is 0 Å². The first-order chi connectivity index (χ1) is 9.24. The summed E-state index contributed by atoms with van der Waals surface area (Å²) >= 11 is 0. The molecule has 1 aromatic heterocycles. The number of nitrogens with one attached hydrogen (secondary N) is 1. The van der Waals surface area contributed by atoms with Crippen molar-refractivity contribution in [2.24, 2.45) is 0 Å². The van der Waals surface area contributed by atoms with E-state index >= 15 is 0 Å². The molecule has 0 saturated heterocycles. The minimum absolute atomic E-state index is 1.23. The van der Waals surface area contributed by atoms with Crippen molar-refractivity contribution in [3.63, 3.8) is 0 Å². The van der Waals surface area contributed by atoms with E-state index in [1.807, 2.05) is 0 Å². The molecule has 0 aliphatic rings. The molecule has 0 saturated carbocycles. The highest BCUT2D eigenvalue weighted by molar-refractivity contribution is 6.20. The van der Waals surface area contributed by atoms with Gasteiger partial charge in [0, 0.05) is 21.8 Å². The highest BCUT2D eigenvalue weighted by atomic mass is 14.7. The number of benzene rings is 3. The Morgan fingerprint density at radius 1 is 0.737 bits per heavy atom. The average Bonchev–Trinajstić information content (AvgIpc) is 2.76. The van der Waals surface area contributed by atoms with Gasteiger partial charge in [-0.3, -0.25) is 0 Å². The number of aromatic nitrogens is 1. The van der Waals surface area contributed by atoms with E-state index < -0.39 is 0 Å². The summed E-state index contributed by atoms with van der Waals surface area (Å²) in [4.78, 5) is 3.55. The maximum absolute atomic E-state index is 3.55. The normalized spacial score (nSPS) is 11.7. The summed E-state index contributed by atoms with van der Waals surface area (Å²) in [6.07, 6.45) is 0. The third-order valence-corrected chi connectivity index (χ3v) is 3.97. The van der Waals surface area contributed by atoms with Crippen molar-refractivity contribution < 1.29 is 0 Å². The molecule has 0 bridgehead atoms. The van der Waals surface area contributed by atoms with E-state index in [-0.39, 0.29) is 0 Å². The largest absolute Gasteiger partial charge is 0.354 e. The molecular weight excluding hydrogens is 230 g/mol. The van der Waals surface area contributed by atoms with Gasteiger partial charge in [0.05, 0.1) is 0 Å². The first kappa shape index (κ1) is 10.6. The maximum Gasteiger partial charge on any atom is 0.0474 e. The van der Waals surface area contributed by atoms with E-state index in [2.05, 4.69) is 67.4 Å². The van der Waals surface area contributed by atoms with Gasteiger partial charge < -0.3 is 4.98 Å². The molecule has 0 aliphatic heterocycles. The lowest BCUT2D eigenvalue weighted by atomic mass is 10.00. The Morgan fingerprint density at radius 3 is 2.37 bits per heavy atom. The first-order valence-corrected chi connectivity index (χ1v) is 6.64. The second-order valence-corrected chi connectivity index (χ2v) is 5.34. The van der Waals surface area contributed by atoms with Crippen molar-refractivity contribution in [3.05, 3.63) is 59.7 Å². The van der Waals surface area contributed by atoms with Crippen LogP contribution in [0.4, 0.5) is 0 Å². The molecule has 1 heterocycles. The number of H-pyrrole nitrogens is 1. The van der Waals surface area contributed by atoms with Gasteiger partial charge in [-0.25, -0.2) is 0 Å². The fourth-order valence-electron chi connectivity index (χ4n) is 3.07. The monoisotopic (exact) mass is 245 g/mol. The van der Waals surface area contributed by atoms with Crippen LogP contribution in [0.25, 0.3) is 32.6 Å². The van der Waals surface area contributed by atoms with E-state index in [1.54, 1.807) is 0 Å². The summed E-state index contributed by atoms with van der Waals surface area (Å²) in [6.45, 7) is 4.31. The number of aromatic amines is 1. The van der Waals surface area contributed by atoms with Crippen molar-refractivity contribution in [1.29, 1.82) is 0 Å². The van der Waals surface area contributed by atoms with Crippen LogP contribution in [-0.4, -0.2) is 4.98 Å². The van der Waals surface area contributed by atoms with Crippen LogP contribution >= 0.6 is 0 Å². The molecule has 0 fully saturated rings. The fourth-order valence-corrected chi connectivity index (χ4v) is 3.07. The zero-order valence-electron chi connectivity index (χ0n) is 11.1. The molecule has 0 unspecified atom stereocenters. The minimum atomic E-state index is 1.23. The van der Waals surface area contributed by atoms with Crippen LogP contribution < -0.4 is 0 Å². The van der Waals surface area contributed by atoms with Gasteiger partial charge in [-0.2, -0.15) is 0 Å². The third-order valence-electron chi connectivity index (χ3n) is 3.97. The van der Waals surface area contributed by atoms with E-state index in [0.717, 1.165) is 0 Å². The average molecular weight is 245 g/mol. The molecule has 0 radical (unpaired) electrons. The predicted octanol–water partition coefficient (Wildman–Crippen LogP) is 5.09. The summed E-state index contributed by atoms with van der Waals surface area (Å²) in [5.41, 5.74) is 5.08. The van der Waals surface area contributed by atoms with E-state index in [1.165, 1.54) is 43.7 Å². The van der Waals surface area contributed by atoms with Crippen LogP contribution in [-0.2, 0) is 0 Å². The number of aryl methyl sites for hydroxylation is 2. The highest BCUT2D eigenvalue weighted by Crippen LogP contribution is 2.34. The Bertz CT molecular complexity index is 929. The molecule has 0 atom stereocenters. The molecule has 0 aliphatic carbocycles. The Kier molecular flexibility index (Phi) is 2.02. The molecule has 1 heteroatoms. The quantitative estimate of drug-likeness (QED) is 0.444. The number of hydrogen-bond donors (Lipinski definition) is 1. The summed E-state index contributed by atoms with van der Waals surface area (Å²) in [5.74, 6) is 0. The minimum Gasteiger partial charge on any atom is -0.354 e. The van der Waals surface area contributed by atoms with Crippen molar-refractivity contribution >= 4 is 32.6 Å². The van der Waals surface area contributed by atoms with Crippen LogP contribution in [0.15, 0.2) is 48.5 Å². The van der Waals surface area contributed by atoms with Gasteiger partial charge in [-0.1, -0.05) is 36.4 Å². The lowest BCUT2D eigenvalue weighted by molar-refractivity contribution is 1.46. The van der Waals surface area contributed by atoms with Crippen LogP contribution in [0.2, 0.25) is 0 Å². The maximum atomic E-state index is 3.55. The first-order valence-electron chi connectivity index (χ1n) is 6.64. The van der Waals surface area contributed by atoms with Gasteiger partial charge in [0.2, 0.25) is 0 Å². The number of hydrogen-bond acceptors (Lipinski definition) is 0. The van der Waals surface area contributed by atoms with Gasteiger partial charge >= 0.3 is 0 Å². The molecule has 4 aromatic rings. The SMILES string of the molecule is Cc1ccc2c(c1)[nH]c1cc(C)c3ccccc3c12. The molecule has 3 aromatic carbocycles. The number of rotatable bonds is 0. The van der Waals surface area contributed by atoms with Crippen LogP contribution in [0.3, 0.4) is 0 Å². The zero-order chi connectivity index (χ0) is 13.0. The molecule has 1 N–H and O–H groups in total. The standard InChI is InChI=1S/C18H15N/c1-11-7-8-15-16(9-11)19-17-10-12(2)13-5-3-4-6-14(13)18(15)17/h3-10,19H,1-2H3. The zero-order valence-corrected chi connectivity index (χ0v) is 11.1. The Labute approximate surface area is 111 Å². The molecule has 19 heavy (non-hydrogen) atoms. The van der Waals surface area contributed by atoms with Crippen LogP contribution in [0.1, 0.15) is 11.1 Å². The molecule has 4 rings (SSSR count). The highest BCUT2D eigenvalue weighted by Gasteiger charge is 2.09. The van der Waals surface area contributed by atoms with Crippen molar-refractivity contribution in [1.82, 2.24) is 4.98 Å². The van der Waals surface area contributed by atoms with Gasteiger partial charge in [0.15, 0.2) is 0 Å². The van der Waals surface area contributed by atoms with Crippen molar-refractivity contribution in [2.45, 2.75) is 13.8 Å². The van der Waals surface area contributed by atoms with Gasteiger partial charge in [0.25, 0.3) is 0 Å². The van der Waals surface area contributed by atoms with E-state index in [4.69, 9.17) is 0 Å². The van der Waals surface area contributed by atoms with Crippen molar-refractivity contribution in [2.75, 3.05) is 0 Å². The summed E-state index contributed by atoms with van der Waals surface area (Å²) in [5, 5.41) is 5.34. The van der Waals surface area contributed by atoms with Crippen LogP contribution in [0, 0.1) is 13.8 Å². The lowest BCUT2D eigenvalue weighted by Gasteiger charge is -2.04. The number of fused-ring (bicyclic) bond motifs is 5. The molecule has 92 valence electrons. The summed E-state index contributed by atoms with van der Waals surface area (Å²) in [7, 11) is 0. The van der Waals surface area contributed by atoms with Gasteiger partial charge in [-0.05, 0) is 47.9 Å². The van der Waals surface area contributed by atoms with Gasteiger partial charge in [-0.15, -0.1) is 0 Å². The smallest absolute Gasteiger partial charge is 0.0474 e. The van der Waals surface area contributed by atoms with Crippen LogP contribution in [0.5, 0.6) is 0 Å². The second-order valence-electron chi connectivity index (χ2n) is 5.34. The summed E-state index contributed by atoms with van der Waals surface area (Å²) < 4.78 is 0.